The van der Waals surface area contributed by atoms with Crippen molar-refractivity contribution < 1.29 is 9.18 Å². The average Bonchev–Trinajstić information content (AvgIpc) is 2.15. The SMILES string of the molecule is CC(=O)C(Br)C(C)c1ccc(F)cc1C. The molecule has 0 saturated carbocycles. The third-order valence-electron chi connectivity index (χ3n) is 2.55. The Bertz CT molecular complexity index is 376. The molecule has 1 aromatic carbocycles. The molecule has 82 valence electrons. The van der Waals surface area contributed by atoms with Crippen molar-refractivity contribution in [2.75, 3.05) is 0 Å². The Balaban J connectivity index is 3.01. The molecule has 0 amide bonds. The van der Waals surface area contributed by atoms with Gasteiger partial charge in [0.05, 0.1) is 4.83 Å². The van der Waals surface area contributed by atoms with Gasteiger partial charge in [-0.25, -0.2) is 4.39 Å². The first kappa shape index (κ1) is 12.4. The normalized spacial score (nSPS) is 14.7. The van der Waals surface area contributed by atoms with Crippen LogP contribution in [-0.2, 0) is 4.79 Å². The van der Waals surface area contributed by atoms with E-state index in [4.69, 9.17) is 0 Å². The fourth-order valence-corrected chi connectivity index (χ4v) is 1.94. The molecule has 0 radical (unpaired) electrons. The number of rotatable bonds is 3. The van der Waals surface area contributed by atoms with Gasteiger partial charge >= 0.3 is 0 Å². The fraction of sp³-hybridized carbons (Fsp3) is 0.417. The van der Waals surface area contributed by atoms with Gasteiger partial charge in [0.2, 0.25) is 0 Å². The minimum atomic E-state index is -0.239. The van der Waals surface area contributed by atoms with Gasteiger partial charge in [-0.1, -0.05) is 28.9 Å². The molecule has 1 rings (SSSR count). The minimum absolute atomic E-state index is 0.0584. The molecule has 0 fully saturated rings. The summed E-state index contributed by atoms with van der Waals surface area (Å²) in [5, 5.41) is 0. The minimum Gasteiger partial charge on any atom is -0.299 e. The highest BCUT2D eigenvalue weighted by Gasteiger charge is 2.21. The van der Waals surface area contributed by atoms with Crippen LogP contribution in [0.2, 0.25) is 0 Å². The Morgan fingerprint density at radius 1 is 1.47 bits per heavy atom. The standard InChI is InChI=1S/C12H14BrFO/c1-7-6-10(14)4-5-11(7)8(2)12(13)9(3)15/h4-6,8,12H,1-3H3. The summed E-state index contributed by atoms with van der Waals surface area (Å²) >= 11 is 3.35. The average molecular weight is 273 g/mol. The first-order valence-corrected chi connectivity index (χ1v) is 5.75. The highest BCUT2D eigenvalue weighted by atomic mass is 79.9. The Kier molecular flexibility index (Phi) is 4.03. The summed E-state index contributed by atoms with van der Waals surface area (Å²) in [7, 11) is 0. The summed E-state index contributed by atoms with van der Waals surface area (Å²) in [4.78, 5) is 11.0. The second kappa shape index (κ2) is 4.88. The molecular weight excluding hydrogens is 259 g/mol. The zero-order valence-electron chi connectivity index (χ0n) is 9.05. The second-order valence-corrected chi connectivity index (χ2v) is 4.79. The number of ketones is 1. The number of hydrogen-bond donors (Lipinski definition) is 0. The third kappa shape index (κ3) is 2.88. The summed E-state index contributed by atoms with van der Waals surface area (Å²) in [6.45, 7) is 5.37. The van der Waals surface area contributed by atoms with Crippen molar-refractivity contribution in [3.63, 3.8) is 0 Å². The summed E-state index contributed by atoms with van der Waals surface area (Å²) < 4.78 is 12.9. The van der Waals surface area contributed by atoms with E-state index in [1.54, 1.807) is 13.0 Å². The number of benzene rings is 1. The summed E-state index contributed by atoms with van der Waals surface area (Å²) in [5.74, 6) is -0.0910. The molecule has 0 aliphatic heterocycles. The molecular formula is C12H14BrFO. The van der Waals surface area contributed by atoms with Crippen molar-refractivity contribution in [1.82, 2.24) is 0 Å². The van der Waals surface area contributed by atoms with Crippen LogP contribution in [0.4, 0.5) is 4.39 Å². The van der Waals surface area contributed by atoms with Gasteiger partial charge in [0.25, 0.3) is 0 Å². The molecule has 2 unspecified atom stereocenters. The molecule has 1 nitrogen and oxygen atoms in total. The van der Waals surface area contributed by atoms with Gasteiger partial charge in [0, 0.05) is 5.92 Å². The van der Waals surface area contributed by atoms with Gasteiger partial charge in [-0.15, -0.1) is 0 Å². The number of carbonyl (C=O) groups is 1. The van der Waals surface area contributed by atoms with Crippen molar-refractivity contribution >= 4 is 21.7 Å². The number of carbonyl (C=O) groups excluding carboxylic acids is 1. The number of halogens is 2. The molecule has 0 aliphatic carbocycles. The van der Waals surface area contributed by atoms with E-state index in [9.17, 15) is 9.18 Å². The first-order valence-electron chi connectivity index (χ1n) is 4.84. The number of alkyl halides is 1. The quantitative estimate of drug-likeness (QED) is 0.769. The maximum Gasteiger partial charge on any atom is 0.144 e. The van der Waals surface area contributed by atoms with Crippen LogP contribution in [0, 0.1) is 12.7 Å². The van der Waals surface area contributed by atoms with Gasteiger partial charge in [-0.3, -0.25) is 4.79 Å². The van der Waals surface area contributed by atoms with E-state index in [2.05, 4.69) is 15.9 Å². The largest absolute Gasteiger partial charge is 0.299 e. The van der Waals surface area contributed by atoms with Crippen molar-refractivity contribution in [3.8, 4) is 0 Å². The van der Waals surface area contributed by atoms with E-state index in [0.717, 1.165) is 11.1 Å². The lowest BCUT2D eigenvalue weighted by Gasteiger charge is -2.18. The summed E-state index contributed by atoms with van der Waals surface area (Å²) in [6.07, 6.45) is 0. The zero-order chi connectivity index (χ0) is 11.6. The number of Topliss-reactive ketones (excluding diaryl/α,β-unsaturated/α-hetero) is 1. The predicted octanol–water partition coefficient (Wildman–Crippen LogP) is 3.59. The zero-order valence-corrected chi connectivity index (χ0v) is 10.6. The molecule has 0 spiro atoms. The Hall–Kier alpha value is -0.700. The summed E-state index contributed by atoms with van der Waals surface area (Å²) in [5.41, 5.74) is 1.89. The van der Waals surface area contributed by atoms with Crippen molar-refractivity contribution in [1.29, 1.82) is 0 Å². The molecule has 0 aliphatic rings. The lowest BCUT2D eigenvalue weighted by Crippen LogP contribution is -2.18. The molecule has 0 bridgehead atoms. The second-order valence-electron chi connectivity index (χ2n) is 3.80. The maximum absolute atomic E-state index is 12.9. The van der Waals surface area contributed by atoms with Crippen LogP contribution in [0.3, 0.4) is 0 Å². The van der Waals surface area contributed by atoms with Gasteiger partial charge < -0.3 is 0 Å². The van der Waals surface area contributed by atoms with Crippen LogP contribution in [-0.4, -0.2) is 10.6 Å². The van der Waals surface area contributed by atoms with Crippen molar-refractivity contribution in [2.24, 2.45) is 0 Å². The fourth-order valence-electron chi connectivity index (χ4n) is 1.66. The highest BCUT2D eigenvalue weighted by molar-refractivity contribution is 9.10. The van der Waals surface area contributed by atoms with Crippen LogP contribution < -0.4 is 0 Å². The van der Waals surface area contributed by atoms with E-state index in [1.807, 2.05) is 13.8 Å². The lowest BCUT2D eigenvalue weighted by atomic mass is 9.92. The maximum atomic E-state index is 12.9. The van der Waals surface area contributed by atoms with Gasteiger partial charge in [0.15, 0.2) is 0 Å². The lowest BCUT2D eigenvalue weighted by molar-refractivity contribution is -0.116. The first-order chi connectivity index (χ1) is 6.93. The van der Waals surface area contributed by atoms with Crippen LogP contribution in [0.5, 0.6) is 0 Å². The van der Waals surface area contributed by atoms with Crippen LogP contribution in [0.25, 0.3) is 0 Å². The van der Waals surface area contributed by atoms with Gasteiger partial charge in [0.1, 0.15) is 11.6 Å². The highest BCUT2D eigenvalue weighted by Crippen LogP contribution is 2.28. The molecule has 0 heterocycles. The third-order valence-corrected chi connectivity index (χ3v) is 3.99. The Morgan fingerprint density at radius 3 is 2.53 bits per heavy atom. The van der Waals surface area contributed by atoms with Gasteiger partial charge in [-0.2, -0.15) is 0 Å². The predicted molar refractivity (Wildman–Crippen MR) is 62.9 cm³/mol. The molecule has 2 atom stereocenters. The monoisotopic (exact) mass is 272 g/mol. The van der Waals surface area contributed by atoms with Crippen molar-refractivity contribution in [3.05, 3.63) is 35.1 Å². The van der Waals surface area contributed by atoms with Crippen LogP contribution >= 0.6 is 15.9 Å². The van der Waals surface area contributed by atoms with Crippen LogP contribution in [0.15, 0.2) is 18.2 Å². The molecule has 15 heavy (non-hydrogen) atoms. The Morgan fingerprint density at radius 2 is 2.07 bits per heavy atom. The topological polar surface area (TPSA) is 17.1 Å². The van der Waals surface area contributed by atoms with Crippen LogP contribution in [0.1, 0.15) is 30.9 Å². The van der Waals surface area contributed by atoms with E-state index in [0.29, 0.717) is 0 Å². The molecule has 0 saturated heterocycles. The summed E-state index contributed by atoms with van der Waals surface area (Å²) in [6, 6.07) is 4.66. The molecule has 0 N–H and O–H groups in total. The van der Waals surface area contributed by atoms with E-state index in [-0.39, 0.29) is 22.3 Å². The number of aryl methyl sites for hydroxylation is 1. The smallest absolute Gasteiger partial charge is 0.144 e. The van der Waals surface area contributed by atoms with E-state index >= 15 is 0 Å². The molecule has 0 aromatic heterocycles. The van der Waals surface area contributed by atoms with Gasteiger partial charge in [-0.05, 0) is 37.1 Å². The van der Waals surface area contributed by atoms with E-state index in [1.165, 1.54) is 12.1 Å². The molecule has 3 heteroatoms. The van der Waals surface area contributed by atoms with Crippen molar-refractivity contribution in [2.45, 2.75) is 31.5 Å². The Labute approximate surface area is 97.8 Å². The number of hydrogen-bond acceptors (Lipinski definition) is 1. The van der Waals surface area contributed by atoms with E-state index < -0.39 is 0 Å². The molecule has 1 aromatic rings.